The van der Waals surface area contributed by atoms with E-state index < -0.39 is 15.6 Å². The van der Waals surface area contributed by atoms with Gasteiger partial charge in [-0.05, 0) is 59.8 Å². The molecule has 22 heavy (non-hydrogen) atoms. The summed E-state index contributed by atoms with van der Waals surface area (Å²) in [5.74, 6) is -0.244. The zero-order valence-electron chi connectivity index (χ0n) is 12.3. The van der Waals surface area contributed by atoms with Gasteiger partial charge in [0, 0.05) is 0 Å². The van der Waals surface area contributed by atoms with Gasteiger partial charge in [0.25, 0.3) is 0 Å². The topological polar surface area (TPSA) is 43.4 Å². The standard InChI is InChI=1S/C15H17F3O3S/c1-13(3-4-13)10-7-11(14(2)5-6-14)9-12(8-10)21-22(19,20)15(16,17)18/h7-9H,3-6H2,1-2H3. The number of halogens is 3. The summed E-state index contributed by atoms with van der Waals surface area (Å²) in [4.78, 5) is 0. The molecule has 7 heteroatoms. The molecule has 2 aliphatic carbocycles. The first kappa shape index (κ1) is 15.6. The fraction of sp³-hybridized carbons (Fsp3) is 0.600. The van der Waals surface area contributed by atoms with Gasteiger partial charge in [-0.3, -0.25) is 0 Å². The molecule has 0 radical (unpaired) electrons. The normalized spacial score (nSPS) is 22.2. The van der Waals surface area contributed by atoms with Crippen LogP contribution in [-0.2, 0) is 20.9 Å². The van der Waals surface area contributed by atoms with Crippen LogP contribution in [0.3, 0.4) is 0 Å². The Bertz CT molecular complexity index is 678. The largest absolute Gasteiger partial charge is 0.534 e. The van der Waals surface area contributed by atoms with Gasteiger partial charge in [-0.1, -0.05) is 19.9 Å². The molecule has 0 amide bonds. The Morgan fingerprint density at radius 2 is 1.36 bits per heavy atom. The zero-order chi connectivity index (χ0) is 16.4. The van der Waals surface area contributed by atoms with Crippen LogP contribution in [0.15, 0.2) is 18.2 Å². The van der Waals surface area contributed by atoms with Crippen LogP contribution in [0.25, 0.3) is 0 Å². The molecule has 0 atom stereocenters. The van der Waals surface area contributed by atoms with Gasteiger partial charge in [0.2, 0.25) is 0 Å². The molecule has 0 aromatic heterocycles. The Morgan fingerprint density at radius 3 is 1.68 bits per heavy atom. The maximum Gasteiger partial charge on any atom is 0.534 e. The van der Waals surface area contributed by atoms with Gasteiger partial charge in [-0.2, -0.15) is 21.6 Å². The third-order valence-electron chi connectivity index (χ3n) is 4.79. The highest BCUT2D eigenvalue weighted by Crippen LogP contribution is 2.53. The Kier molecular flexibility index (Phi) is 3.13. The van der Waals surface area contributed by atoms with E-state index in [4.69, 9.17) is 0 Å². The molecular formula is C15H17F3O3S. The molecule has 0 heterocycles. The van der Waals surface area contributed by atoms with Crippen molar-refractivity contribution in [3.63, 3.8) is 0 Å². The summed E-state index contributed by atoms with van der Waals surface area (Å²) < 4.78 is 64.3. The molecule has 2 saturated carbocycles. The number of hydrogen-bond donors (Lipinski definition) is 0. The van der Waals surface area contributed by atoms with Crippen molar-refractivity contribution in [2.45, 2.75) is 55.9 Å². The van der Waals surface area contributed by atoms with E-state index in [-0.39, 0.29) is 16.6 Å². The highest BCUT2D eigenvalue weighted by atomic mass is 32.2. The van der Waals surface area contributed by atoms with Crippen molar-refractivity contribution < 1.29 is 25.8 Å². The van der Waals surface area contributed by atoms with E-state index in [1.165, 1.54) is 12.1 Å². The molecule has 2 fully saturated rings. The van der Waals surface area contributed by atoms with Crippen molar-refractivity contribution in [3.8, 4) is 5.75 Å². The van der Waals surface area contributed by atoms with E-state index in [9.17, 15) is 21.6 Å². The smallest absolute Gasteiger partial charge is 0.376 e. The predicted molar refractivity (Wildman–Crippen MR) is 75.2 cm³/mol. The van der Waals surface area contributed by atoms with Gasteiger partial charge in [0.05, 0.1) is 0 Å². The first-order valence-corrected chi connectivity index (χ1v) is 8.53. The lowest BCUT2D eigenvalue weighted by molar-refractivity contribution is -0.0500. The van der Waals surface area contributed by atoms with Crippen LogP contribution in [-0.4, -0.2) is 13.9 Å². The second kappa shape index (κ2) is 4.40. The summed E-state index contributed by atoms with van der Waals surface area (Å²) in [5.41, 5.74) is -3.88. The molecule has 1 aromatic rings. The molecular weight excluding hydrogens is 317 g/mol. The van der Waals surface area contributed by atoms with E-state index in [2.05, 4.69) is 4.18 Å². The van der Waals surface area contributed by atoms with Gasteiger partial charge in [0.1, 0.15) is 5.75 Å². The van der Waals surface area contributed by atoms with Crippen LogP contribution in [0.1, 0.15) is 50.7 Å². The lowest BCUT2D eigenvalue weighted by Gasteiger charge is -2.18. The minimum absolute atomic E-state index is 0.0820. The first-order valence-electron chi connectivity index (χ1n) is 7.12. The number of alkyl halides is 3. The Hall–Kier alpha value is -1.24. The molecule has 0 bridgehead atoms. The molecule has 122 valence electrons. The van der Waals surface area contributed by atoms with Crippen molar-refractivity contribution in [2.75, 3.05) is 0 Å². The van der Waals surface area contributed by atoms with Gasteiger partial charge < -0.3 is 4.18 Å². The highest BCUT2D eigenvalue weighted by molar-refractivity contribution is 7.88. The third-order valence-corrected chi connectivity index (χ3v) is 5.77. The SMILES string of the molecule is CC1(c2cc(OS(=O)(=O)C(F)(F)F)cc(C3(C)CC3)c2)CC1. The molecule has 1 aromatic carbocycles. The van der Waals surface area contributed by atoms with Crippen LogP contribution in [0.5, 0.6) is 5.75 Å². The molecule has 3 nitrogen and oxygen atoms in total. The van der Waals surface area contributed by atoms with E-state index in [0.29, 0.717) is 0 Å². The Balaban J connectivity index is 2.01. The van der Waals surface area contributed by atoms with Gasteiger partial charge in [-0.15, -0.1) is 0 Å². The maximum atomic E-state index is 12.5. The Morgan fingerprint density at radius 1 is 0.955 bits per heavy atom. The second-order valence-corrected chi connectivity index (χ2v) is 8.39. The highest BCUT2D eigenvalue weighted by Gasteiger charge is 2.49. The van der Waals surface area contributed by atoms with Gasteiger partial charge >= 0.3 is 15.6 Å². The summed E-state index contributed by atoms with van der Waals surface area (Å²) in [6.07, 6.45) is 3.77. The Labute approximate surface area is 127 Å². The third kappa shape index (κ3) is 2.71. The van der Waals surface area contributed by atoms with E-state index in [1.807, 2.05) is 19.9 Å². The van der Waals surface area contributed by atoms with Crippen molar-refractivity contribution in [3.05, 3.63) is 29.3 Å². The number of rotatable bonds is 4. The average molecular weight is 334 g/mol. The molecule has 0 aliphatic heterocycles. The maximum absolute atomic E-state index is 12.5. The lowest BCUT2D eigenvalue weighted by atomic mass is 9.90. The van der Waals surface area contributed by atoms with Gasteiger partial charge in [0.15, 0.2) is 0 Å². The van der Waals surface area contributed by atoms with Crippen molar-refractivity contribution in [2.24, 2.45) is 0 Å². The molecule has 2 aliphatic rings. The van der Waals surface area contributed by atoms with Crippen LogP contribution in [0.4, 0.5) is 13.2 Å². The molecule has 0 spiro atoms. The lowest BCUT2D eigenvalue weighted by Crippen LogP contribution is -2.28. The van der Waals surface area contributed by atoms with Crippen LogP contribution >= 0.6 is 0 Å². The summed E-state index contributed by atoms with van der Waals surface area (Å²) >= 11 is 0. The second-order valence-electron chi connectivity index (χ2n) is 6.85. The van der Waals surface area contributed by atoms with E-state index in [0.717, 1.165) is 36.8 Å². The van der Waals surface area contributed by atoms with Crippen LogP contribution < -0.4 is 4.18 Å². The average Bonchev–Trinajstić information content (AvgIpc) is 3.28. The zero-order valence-corrected chi connectivity index (χ0v) is 13.1. The minimum atomic E-state index is -5.63. The van der Waals surface area contributed by atoms with Crippen molar-refractivity contribution >= 4 is 10.1 Å². The predicted octanol–water partition coefficient (Wildman–Crippen LogP) is 4.02. The quantitative estimate of drug-likeness (QED) is 0.617. The van der Waals surface area contributed by atoms with Crippen molar-refractivity contribution in [1.82, 2.24) is 0 Å². The fourth-order valence-corrected chi connectivity index (χ4v) is 2.91. The number of benzene rings is 1. The molecule has 0 saturated heterocycles. The van der Waals surface area contributed by atoms with Gasteiger partial charge in [-0.25, -0.2) is 0 Å². The van der Waals surface area contributed by atoms with Crippen molar-refractivity contribution in [1.29, 1.82) is 0 Å². The molecule has 0 unspecified atom stereocenters. The minimum Gasteiger partial charge on any atom is -0.376 e. The number of hydrogen-bond acceptors (Lipinski definition) is 3. The fourth-order valence-electron chi connectivity index (χ4n) is 2.47. The van der Waals surface area contributed by atoms with E-state index in [1.54, 1.807) is 0 Å². The van der Waals surface area contributed by atoms with E-state index >= 15 is 0 Å². The van der Waals surface area contributed by atoms with Crippen LogP contribution in [0, 0.1) is 0 Å². The summed E-state index contributed by atoms with van der Waals surface area (Å²) in [6, 6.07) is 4.82. The first-order chi connectivity index (χ1) is 9.95. The summed E-state index contributed by atoms with van der Waals surface area (Å²) in [5, 5.41) is 0. The van der Waals surface area contributed by atoms with Crippen LogP contribution in [0.2, 0.25) is 0 Å². The monoisotopic (exact) mass is 334 g/mol. The summed E-state index contributed by atoms with van der Waals surface area (Å²) in [6.45, 7) is 4.03. The molecule has 3 rings (SSSR count). The molecule has 0 N–H and O–H groups in total. The summed E-state index contributed by atoms with van der Waals surface area (Å²) in [7, 11) is -5.63.